The van der Waals surface area contributed by atoms with Gasteiger partial charge in [-0.15, -0.1) is 0 Å². The van der Waals surface area contributed by atoms with Crippen molar-refractivity contribution in [2.75, 3.05) is 11.4 Å². The molecule has 0 bridgehead atoms. The number of hydrogen-bond acceptors (Lipinski definition) is 2. The number of hydrogen-bond donors (Lipinski definition) is 0. The molecule has 2 aromatic rings. The van der Waals surface area contributed by atoms with Gasteiger partial charge in [0, 0.05) is 22.3 Å². The van der Waals surface area contributed by atoms with Gasteiger partial charge in [0.15, 0.2) is 0 Å². The number of benzene rings is 2. The monoisotopic (exact) mass is 346 g/mol. The third-order valence-electron chi connectivity index (χ3n) is 4.61. The van der Waals surface area contributed by atoms with E-state index < -0.39 is 0 Å². The van der Waals surface area contributed by atoms with Gasteiger partial charge >= 0.3 is 0 Å². The predicted molar refractivity (Wildman–Crippen MR) is 92.9 cm³/mol. The standard InChI is InChI=1S/C18H16Cl2N2O/c19-13-5-1-4-12(10-13)17-21-9-3-8-16(21)18(23)22(17)15-7-2-6-14(20)11-15/h1-2,4-7,10-11,16-17H,3,8-9H2/t16-,17+/m0/s1. The van der Waals surface area contributed by atoms with E-state index in [1.807, 2.05) is 53.4 Å². The lowest BCUT2D eigenvalue weighted by Crippen LogP contribution is -2.32. The molecule has 2 fully saturated rings. The summed E-state index contributed by atoms with van der Waals surface area (Å²) in [4.78, 5) is 17.1. The molecule has 0 saturated carbocycles. The van der Waals surface area contributed by atoms with Gasteiger partial charge in [-0.05, 0) is 48.7 Å². The Morgan fingerprint density at radius 2 is 1.74 bits per heavy atom. The second-order valence-corrected chi connectivity index (χ2v) is 6.89. The molecule has 0 unspecified atom stereocenters. The summed E-state index contributed by atoms with van der Waals surface area (Å²) in [5, 5.41) is 1.32. The minimum absolute atomic E-state index is 0.0436. The molecular formula is C18H16Cl2N2O. The molecule has 3 nitrogen and oxygen atoms in total. The van der Waals surface area contributed by atoms with Gasteiger partial charge in [-0.2, -0.15) is 0 Å². The van der Waals surface area contributed by atoms with E-state index in [9.17, 15) is 4.79 Å². The SMILES string of the molecule is O=C1[C@@H]2CCCN2[C@@H](c2cccc(Cl)c2)N1c1cccc(Cl)c1. The summed E-state index contributed by atoms with van der Waals surface area (Å²) in [7, 11) is 0. The van der Waals surface area contributed by atoms with E-state index in [0.29, 0.717) is 10.0 Å². The van der Waals surface area contributed by atoms with Crippen molar-refractivity contribution >= 4 is 34.8 Å². The minimum Gasteiger partial charge on any atom is -0.290 e. The average molecular weight is 347 g/mol. The van der Waals surface area contributed by atoms with Crippen LogP contribution < -0.4 is 4.90 Å². The first-order valence-corrected chi connectivity index (χ1v) is 8.50. The maximum absolute atomic E-state index is 13.0. The molecule has 2 aliphatic rings. The fourth-order valence-electron chi connectivity index (χ4n) is 3.68. The first-order chi connectivity index (χ1) is 11.1. The maximum Gasteiger partial charge on any atom is 0.246 e. The van der Waals surface area contributed by atoms with E-state index in [-0.39, 0.29) is 18.1 Å². The zero-order valence-corrected chi connectivity index (χ0v) is 14.0. The van der Waals surface area contributed by atoms with E-state index >= 15 is 0 Å². The summed E-state index contributed by atoms with van der Waals surface area (Å²) in [5.74, 6) is 0.148. The highest BCUT2D eigenvalue weighted by Gasteiger charge is 2.49. The van der Waals surface area contributed by atoms with Crippen molar-refractivity contribution in [3.8, 4) is 0 Å². The molecular weight excluding hydrogens is 331 g/mol. The quantitative estimate of drug-likeness (QED) is 0.798. The molecule has 0 aliphatic carbocycles. The third kappa shape index (κ3) is 2.53. The summed E-state index contributed by atoms with van der Waals surface area (Å²) in [6.45, 7) is 0.921. The average Bonchev–Trinajstić information content (AvgIpc) is 3.09. The fraction of sp³-hybridized carbons (Fsp3) is 0.278. The van der Waals surface area contributed by atoms with Crippen LogP contribution in [0, 0.1) is 0 Å². The van der Waals surface area contributed by atoms with Crippen molar-refractivity contribution in [1.29, 1.82) is 0 Å². The maximum atomic E-state index is 13.0. The van der Waals surface area contributed by atoms with Crippen molar-refractivity contribution in [1.82, 2.24) is 4.90 Å². The number of nitrogens with zero attached hydrogens (tertiary/aromatic N) is 2. The van der Waals surface area contributed by atoms with Gasteiger partial charge < -0.3 is 0 Å². The molecule has 0 N–H and O–H groups in total. The first kappa shape index (κ1) is 15.0. The molecule has 0 aromatic heterocycles. The van der Waals surface area contributed by atoms with Crippen LogP contribution in [-0.4, -0.2) is 23.4 Å². The van der Waals surface area contributed by atoms with Crippen molar-refractivity contribution in [3.63, 3.8) is 0 Å². The number of carbonyl (C=O) groups excluding carboxylic acids is 1. The van der Waals surface area contributed by atoms with Gasteiger partial charge in [0.2, 0.25) is 5.91 Å². The van der Waals surface area contributed by atoms with Gasteiger partial charge in [-0.3, -0.25) is 14.6 Å². The largest absolute Gasteiger partial charge is 0.290 e. The number of rotatable bonds is 2. The van der Waals surface area contributed by atoms with Gasteiger partial charge in [-0.25, -0.2) is 0 Å². The number of anilines is 1. The second kappa shape index (κ2) is 5.82. The Hall–Kier alpha value is -1.55. The summed E-state index contributed by atoms with van der Waals surface area (Å²) in [6.07, 6.45) is 1.84. The minimum atomic E-state index is -0.118. The predicted octanol–water partition coefficient (Wildman–Crippen LogP) is 4.50. The highest BCUT2D eigenvalue weighted by atomic mass is 35.5. The van der Waals surface area contributed by atoms with Crippen LogP contribution in [0.1, 0.15) is 24.6 Å². The Labute approximate surface area is 145 Å². The molecule has 2 atom stereocenters. The molecule has 2 aromatic carbocycles. The van der Waals surface area contributed by atoms with Crippen LogP contribution >= 0.6 is 23.2 Å². The normalized spacial score (nSPS) is 24.3. The molecule has 0 radical (unpaired) electrons. The number of halogens is 2. The third-order valence-corrected chi connectivity index (χ3v) is 5.08. The Morgan fingerprint density at radius 1 is 1.00 bits per heavy atom. The summed E-state index contributed by atoms with van der Waals surface area (Å²) in [6, 6.07) is 15.2. The summed E-state index contributed by atoms with van der Waals surface area (Å²) < 4.78 is 0. The van der Waals surface area contributed by atoms with E-state index in [4.69, 9.17) is 23.2 Å². The van der Waals surface area contributed by atoms with Crippen molar-refractivity contribution < 1.29 is 4.79 Å². The molecule has 1 amide bonds. The Kier molecular flexibility index (Phi) is 3.80. The highest BCUT2D eigenvalue weighted by Crippen LogP contribution is 2.43. The molecule has 4 rings (SSSR count). The van der Waals surface area contributed by atoms with Crippen molar-refractivity contribution in [2.24, 2.45) is 0 Å². The zero-order valence-electron chi connectivity index (χ0n) is 12.5. The van der Waals surface area contributed by atoms with Crippen LogP contribution in [0.15, 0.2) is 48.5 Å². The lowest BCUT2D eigenvalue weighted by atomic mass is 10.1. The smallest absolute Gasteiger partial charge is 0.246 e. The highest BCUT2D eigenvalue weighted by molar-refractivity contribution is 6.31. The van der Waals surface area contributed by atoms with Crippen LogP contribution in [0.3, 0.4) is 0 Å². The van der Waals surface area contributed by atoms with Gasteiger partial charge in [0.25, 0.3) is 0 Å². The summed E-state index contributed by atoms with van der Waals surface area (Å²) >= 11 is 12.3. The Bertz CT molecular complexity index is 764. The second-order valence-electron chi connectivity index (χ2n) is 6.01. The molecule has 2 aliphatic heterocycles. The number of carbonyl (C=O) groups is 1. The number of amides is 1. The molecule has 0 spiro atoms. The van der Waals surface area contributed by atoms with Gasteiger partial charge in [0.1, 0.15) is 6.17 Å². The van der Waals surface area contributed by atoms with Gasteiger partial charge in [0.05, 0.1) is 6.04 Å². The van der Waals surface area contributed by atoms with E-state index in [1.165, 1.54) is 0 Å². The fourth-order valence-corrected chi connectivity index (χ4v) is 4.06. The molecule has 23 heavy (non-hydrogen) atoms. The summed E-state index contributed by atoms with van der Waals surface area (Å²) in [5.41, 5.74) is 1.87. The molecule has 2 heterocycles. The lowest BCUT2D eigenvalue weighted by molar-refractivity contribution is -0.119. The van der Waals surface area contributed by atoms with Crippen LogP contribution in [-0.2, 0) is 4.79 Å². The first-order valence-electron chi connectivity index (χ1n) is 7.75. The molecule has 118 valence electrons. The van der Waals surface area contributed by atoms with Crippen LogP contribution in [0.4, 0.5) is 5.69 Å². The van der Waals surface area contributed by atoms with E-state index in [2.05, 4.69) is 4.90 Å². The van der Waals surface area contributed by atoms with Crippen molar-refractivity contribution in [2.45, 2.75) is 25.0 Å². The van der Waals surface area contributed by atoms with Crippen LogP contribution in [0.25, 0.3) is 0 Å². The van der Waals surface area contributed by atoms with Gasteiger partial charge in [-0.1, -0.05) is 41.4 Å². The van der Waals surface area contributed by atoms with Crippen LogP contribution in [0.2, 0.25) is 10.0 Å². The van der Waals surface area contributed by atoms with E-state index in [0.717, 1.165) is 30.6 Å². The molecule has 5 heteroatoms. The number of fused-ring (bicyclic) bond motifs is 1. The Morgan fingerprint density at radius 3 is 2.48 bits per heavy atom. The zero-order chi connectivity index (χ0) is 16.0. The lowest BCUT2D eigenvalue weighted by Gasteiger charge is -2.30. The van der Waals surface area contributed by atoms with E-state index in [1.54, 1.807) is 0 Å². The van der Waals surface area contributed by atoms with Crippen LogP contribution in [0.5, 0.6) is 0 Å². The molecule has 2 saturated heterocycles. The topological polar surface area (TPSA) is 23.6 Å². The van der Waals surface area contributed by atoms with Crippen molar-refractivity contribution in [3.05, 3.63) is 64.1 Å². The Balaban J connectivity index is 1.83.